The number of nitrogens with zero attached hydrogens (tertiary/aromatic N) is 2. The molecule has 2 aromatic rings. The van der Waals surface area contributed by atoms with Crippen LogP contribution < -0.4 is 4.90 Å². The van der Waals surface area contributed by atoms with Gasteiger partial charge < -0.3 is 4.90 Å². The van der Waals surface area contributed by atoms with Crippen molar-refractivity contribution in [2.24, 2.45) is 0 Å². The van der Waals surface area contributed by atoms with Gasteiger partial charge in [-0.3, -0.25) is 0 Å². The first-order valence-corrected chi connectivity index (χ1v) is 9.38. The number of anilines is 1. The number of halogens is 1. The Kier molecular flexibility index (Phi) is 4.60. The molecule has 1 fully saturated rings. The molecule has 24 heavy (non-hydrogen) atoms. The van der Waals surface area contributed by atoms with Crippen molar-refractivity contribution in [3.63, 3.8) is 0 Å². The highest BCUT2D eigenvalue weighted by atomic mass is 32.2. The van der Waals surface area contributed by atoms with E-state index in [1.54, 1.807) is 0 Å². The second-order valence-corrected chi connectivity index (χ2v) is 8.11. The lowest BCUT2D eigenvalue weighted by Crippen LogP contribution is -2.30. The molecular weight excluding hydrogens is 327 g/mol. The summed E-state index contributed by atoms with van der Waals surface area (Å²) in [5.41, 5.74) is 2.03. The third-order valence-corrected chi connectivity index (χ3v) is 6.32. The minimum absolute atomic E-state index is 0.138. The first-order valence-electron chi connectivity index (χ1n) is 7.94. The molecule has 1 heterocycles. The van der Waals surface area contributed by atoms with Crippen molar-refractivity contribution >= 4 is 15.7 Å². The van der Waals surface area contributed by atoms with Crippen LogP contribution in [-0.2, 0) is 10.0 Å². The quantitative estimate of drug-likeness (QED) is 0.850. The Labute approximate surface area is 142 Å². The summed E-state index contributed by atoms with van der Waals surface area (Å²) in [6, 6.07) is 12.8. The third-order valence-electron chi connectivity index (χ3n) is 4.40. The van der Waals surface area contributed by atoms with Gasteiger partial charge in [-0.05, 0) is 54.8 Å². The van der Waals surface area contributed by atoms with Gasteiger partial charge in [-0.1, -0.05) is 12.1 Å². The molecule has 0 aliphatic carbocycles. The second-order valence-electron chi connectivity index (χ2n) is 6.22. The second kappa shape index (κ2) is 6.53. The third kappa shape index (κ3) is 3.16. The lowest BCUT2D eigenvalue weighted by Gasteiger charge is -2.25. The lowest BCUT2D eigenvalue weighted by atomic mass is 10.0. The van der Waals surface area contributed by atoms with E-state index in [9.17, 15) is 12.8 Å². The van der Waals surface area contributed by atoms with Crippen LogP contribution in [0.25, 0.3) is 0 Å². The largest absolute Gasteiger partial charge is 0.378 e. The van der Waals surface area contributed by atoms with Crippen LogP contribution >= 0.6 is 0 Å². The maximum atomic E-state index is 13.1. The fraction of sp³-hybridized carbons (Fsp3) is 0.333. The summed E-state index contributed by atoms with van der Waals surface area (Å²) in [6.07, 6.45) is 1.61. The Morgan fingerprint density at radius 1 is 1.12 bits per heavy atom. The van der Waals surface area contributed by atoms with Crippen LogP contribution in [-0.4, -0.2) is 33.4 Å². The van der Waals surface area contributed by atoms with Crippen molar-refractivity contribution in [1.29, 1.82) is 0 Å². The Balaban J connectivity index is 1.96. The van der Waals surface area contributed by atoms with Gasteiger partial charge in [0.25, 0.3) is 0 Å². The van der Waals surface area contributed by atoms with Crippen molar-refractivity contribution in [2.45, 2.75) is 23.8 Å². The van der Waals surface area contributed by atoms with E-state index < -0.39 is 15.8 Å². The SMILES string of the molecule is CN(C)c1cccc(C2CCCN2S(=O)(=O)c2ccc(F)cc2)c1. The molecule has 1 aliphatic heterocycles. The summed E-state index contributed by atoms with van der Waals surface area (Å²) in [7, 11) is 0.285. The Hall–Kier alpha value is -1.92. The molecule has 0 saturated carbocycles. The van der Waals surface area contributed by atoms with E-state index in [0.29, 0.717) is 6.54 Å². The summed E-state index contributed by atoms with van der Waals surface area (Å²) in [6.45, 7) is 0.483. The predicted octanol–water partition coefficient (Wildman–Crippen LogP) is 3.42. The van der Waals surface area contributed by atoms with E-state index in [2.05, 4.69) is 0 Å². The molecular formula is C18H21FN2O2S. The van der Waals surface area contributed by atoms with E-state index in [1.165, 1.54) is 28.6 Å². The standard InChI is InChI=1S/C18H21FN2O2S/c1-20(2)16-6-3-5-14(13-16)18-7-4-12-21(18)24(22,23)17-10-8-15(19)9-11-17/h3,5-6,8-11,13,18H,4,7,12H2,1-2H3. The maximum Gasteiger partial charge on any atom is 0.243 e. The van der Waals surface area contributed by atoms with Crippen LogP contribution in [0.2, 0.25) is 0 Å². The molecule has 0 amide bonds. The predicted molar refractivity (Wildman–Crippen MR) is 93.0 cm³/mol. The molecule has 4 nitrogen and oxygen atoms in total. The molecule has 0 N–H and O–H groups in total. The van der Waals surface area contributed by atoms with Gasteiger partial charge in [-0.2, -0.15) is 4.31 Å². The highest BCUT2D eigenvalue weighted by molar-refractivity contribution is 7.89. The highest BCUT2D eigenvalue weighted by Gasteiger charge is 2.36. The van der Waals surface area contributed by atoms with Crippen LogP contribution in [0.4, 0.5) is 10.1 Å². The zero-order chi connectivity index (χ0) is 17.3. The van der Waals surface area contributed by atoms with Crippen LogP contribution in [0.15, 0.2) is 53.4 Å². The van der Waals surface area contributed by atoms with E-state index in [4.69, 9.17) is 0 Å². The Morgan fingerprint density at radius 2 is 1.83 bits per heavy atom. The number of sulfonamides is 1. The smallest absolute Gasteiger partial charge is 0.243 e. The fourth-order valence-electron chi connectivity index (χ4n) is 3.11. The van der Waals surface area contributed by atoms with E-state index in [0.717, 1.165) is 24.1 Å². The van der Waals surface area contributed by atoms with Gasteiger partial charge in [-0.15, -0.1) is 0 Å². The average molecular weight is 348 g/mol. The van der Waals surface area contributed by atoms with Gasteiger partial charge in [0.05, 0.1) is 10.9 Å². The Morgan fingerprint density at radius 3 is 2.50 bits per heavy atom. The van der Waals surface area contributed by atoms with Gasteiger partial charge in [0.1, 0.15) is 5.82 Å². The summed E-state index contributed by atoms with van der Waals surface area (Å²) >= 11 is 0. The average Bonchev–Trinajstić information content (AvgIpc) is 3.06. The molecule has 1 saturated heterocycles. The summed E-state index contributed by atoms with van der Waals surface area (Å²) in [5, 5.41) is 0. The number of hydrogen-bond donors (Lipinski definition) is 0. The lowest BCUT2D eigenvalue weighted by molar-refractivity contribution is 0.396. The monoisotopic (exact) mass is 348 g/mol. The summed E-state index contributed by atoms with van der Waals surface area (Å²) in [5.74, 6) is -0.439. The molecule has 1 unspecified atom stereocenters. The first-order chi connectivity index (χ1) is 11.4. The molecule has 6 heteroatoms. The number of rotatable bonds is 4. The Bertz CT molecular complexity index is 819. The van der Waals surface area contributed by atoms with Crippen molar-refractivity contribution in [1.82, 2.24) is 4.31 Å². The molecule has 1 atom stereocenters. The molecule has 1 aliphatic rings. The summed E-state index contributed by atoms with van der Waals surface area (Å²) in [4.78, 5) is 2.14. The molecule has 2 aromatic carbocycles. The highest BCUT2D eigenvalue weighted by Crippen LogP contribution is 2.37. The van der Waals surface area contributed by atoms with Crippen LogP contribution in [0, 0.1) is 5.82 Å². The van der Waals surface area contributed by atoms with Crippen molar-refractivity contribution in [2.75, 3.05) is 25.5 Å². The van der Waals surface area contributed by atoms with E-state index in [-0.39, 0.29) is 10.9 Å². The van der Waals surface area contributed by atoms with Crippen molar-refractivity contribution in [3.8, 4) is 0 Å². The molecule has 0 radical (unpaired) electrons. The molecule has 128 valence electrons. The topological polar surface area (TPSA) is 40.6 Å². The van der Waals surface area contributed by atoms with Crippen LogP contribution in [0.3, 0.4) is 0 Å². The molecule has 0 spiro atoms. The zero-order valence-corrected chi connectivity index (χ0v) is 14.6. The van der Waals surface area contributed by atoms with Crippen molar-refractivity contribution < 1.29 is 12.8 Å². The number of benzene rings is 2. The van der Waals surface area contributed by atoms with Gasteiger partial charge in [0.15, 0.2) is 0 Å². The van der Waals surface area contributed by atoms with Crippen LogP contribution in [0.5, 0.6) is 0 Å². The maximum absolute atomic E-state index is 13.1. The van der Waals surface area contributed by atoms with E-state index in [1.807, 2.05) is 43.3 Å². The normalized spacial score (nSPS) is 18.7. The van der Waals surface area contributed by atoms with Crippen LogP contribution in [0.1, 0.15) is 24.4 Å². The minimum Gasteiger partial charge on any atom is -0.378 e. The summed E-state index contributed by atoms with van der Waals surface area (Å²) < 4.78 is 40.5. The molecule has 0 bridgehead atoms. The van der Waals surface area contributed by atoms with Gasteiger partial charge in [-0.25, -0.2) is 12.8 Å². The van der Waals surface area contributed by atoms with E-state index >= 15 is 0 Å². The zero-order valence-electron chi connectivity index (χ0n) is 13.8. The molecule has 3 rings (SSSR count). The molecule has 0 aromatic heterocycles. The number of hydrogen-bond acceptors (Lipinski definition) is 3. The first kappa shape index (κ1) is 16.9. The van der Waals surface area contributed by atoms with Gasteiger partial charge in [0, 0.05) is 26.3 Å². The van der Waals surface area contributed by atoms with Gasteiger partial charge >= 0.3 is 0 Å². The van der Waals surface area contributed by atoms with Crippen molar-refractivity contribution in [3.05, 3.63) is 59.9 Å². The van der Waals surface area contributed by atoms with Gasteiger partial charge in [0.2, 0.25) is 10.0 Å². The minimum atomic E-state index is -3.63. The fourth-order valence-corrected chi connectivity index (χ4v) is 4.80.